The van der Waals surface area contributed by atoms with E-state index in [1.807, 2.05) is 0 Å². The molecule has 1 N–H and O–H groups in total. The SMILES string of the molecule is CC(C)/C=C1\SC(=S)N(CCC(=O)O)C1=S. The fraction of sp³-hybridized carbons (Fsp3) is 0.500. The zero-order valence-electron chi connectivity index (χ0n) is 9.10. The smallest absolute Gasteiger partial charge is 0.305 e. The van der Waals surface area contributed by atoms with Gasteiger partial charge in [0.25, 0.3) is 0 Å². The number of aliphatic carboxylic acids is 1. The van der Waals surface area contributed by atoms with Crippen LogP contribution in [0.25, 0.3) is 0 Å². The Kier molecular flexibility index (Phi) is 4.89. The topological polar surface area (TPSA) is 40.5 Å². The first-order valence-corrected chi connectivity index (χ1v) is 6.52. The number of hydrogen-bond acceptors (Lipinski definition) is 4. The lowest BCUT2D eigenvalue weighted by Crippen LogP contribution is -2.29. The largest absolute Gasteiger partial charge is 0.481 e. The summed E-state index contributed by atoms with van der Waals surface area (Å²) in [6.45, 7) is 4.49. The average molecular weight is 275 g/mol. The summed E-state index contributed by atoms with van der Waals surface area (Å²) < 4.78 is 0.651. The Morgan fingerprint density at radius 3 is 2.69 bits per heavy atom. The van der Waals surface area contributed by atoms with Crippen molar-refractivity contribution in [2.75, 3.05) is 6.54 Å². The first-order chi connectivity index (χ1) is 7.41. The summed E-state index contributed by atoms with van der Waals surface area (Å²) in [5, 5.41) is 8.62. The number of hydrogen-bond donors (Lipinski definition) is 1. The molecule has 0 amide bonds. The molecule has 0 saturated carbocycles. The van der Waals surface area contributed by atoms with Crippen molar-refractivity contribution in [3.05, 3.63) is 11.0 Å². The molecule has 0 spiro atoms. The first-order valence-electron chi connectivity index (χ1n) is 4.89. The first kappa shape index (κ1) is 13.6. The van der Waals surface area contributed by atoms with Crippen molar-refractivity contribution in [3.8, 4) is 0 Å². The van der Waals surface area contributed by atoms with Gasteiger partial charge in [-0.3, -0.25) is 4.79 Å². The van der Waals surface area contributed by atoms with Gasteiger partial charge in [-0.05, 0) is 5.92 Å². The van der Waals surface area contributed by atoms with E-state index in [-0.39, 0.29) is 6.42 Å². The lowest BCUT2D eigenvalue weighted by Gasteiger charge is -2.14. The van der Waals surface area contributed by atoms with Crippen LogP contribution in [0.3, 0.4) is 0 Å². The third kappa shape index (κ3) is 3.54. The van der Waals surface area contributed by atoms with Crippen LogP contribution >= 0.6 is 36.2 Å². The Morgan fingerprint density at radius 2 is 2.19 bits per heavy atom. The number of carboxylic acids is 1. The van der Waals surface area contributed by atoms with E-state index in [4.69, 9.17) is 29.5 Å². The van der Waals surface area contributed by atoms with Crippen LogP contribution in [0, 0.1) is 5.92 Å². The van der Waals surface area contributed by atoms with Crippen LogP contribution < -0.4 is 0 Å². The average Bonchev–Trinajstić information content (AvgIpc) is 2.39. The number of thioether (sulfide) groups is 1. The van der Waals surface area contributed by atoms with E-state index in [1.165, 1.54) is 11.8 Å². The molecule has 0 radical (unpaired) electrons. The summed E-state index contributed by atoms with van der Waals surface area (Å²) in [6.07, 6.45) is 2.11. The molecule has 1 rings (SSSR count). The minimum absolute atomic E-state index is 0.0514. The number of thiocarbonyl (C=S) groups is 2. The van der Waals surface area contributed by atoms with Gasteiger partial charge < -0.3 is 10.0 Å². The molecule has 1 fully saturated rings. The molecule has 1 aliphatic heterocycles. The van der Waals surface area contributed by atoms with Crippen LogP contribution in [0.1, 0.15) is 20.3 Å². The Morgan fingerprint density at radius 1 is 1.56 bits per heavy atom. The lowest BCUT2D eigenvalue weighted by atomic mass is 10.2. The second-order valence-corrected chi connectivity index (χ2v) is 5.81. The predicted octanol–water partition coefficient (Wildman–Crippen LogP) is 2.66. The van der Waals surface area contributed by atoms with E-state index >= 15 is 0 Å². The molecule has 6 heteroatoms. The molecular formula is C10H13NO2S3. The number of carboxylic acid groups (broad SMARTS) is 1. The third-order valence-corrected chi connectivity index (χ3v) is 3.89. The number of nitrogens with zero attached hydrogens (tertiary/aromatic N) is 1. The van der Waals surface area contributed by atoms with E-state index in [9.17, 15) is 4.79 Å². The highest BCUT2D eigenvalue weighted by atomic mass is 32.2. The monoisotopic (exact) mass is 275 g/mol. The van der Waals surface area contributed by atoms with Crippen molar-refractivity contribution in [1.82, 2.24) is 4.90 Å². The number of rotatable bonds is 4. The summed E-state index contributed by atoms with van der Waals surface area (Å²) in [5.41, 5.74) is 0. The highest BCUT2D eigenvalue weighted by Gasteiger charge is 2.28. The van der Waals surface area contributed by atoms with Gasteiger partial charge in [0.2, 0.25) is 0 Å². The molecule has 1 heterocycles. The van der Waals surface area contributed by atoms with Gasteiger partial charge in [-0.25, -0.2) is 0 Å². The second kappa shape index (κ2) is 5.75. The predicted molar refractivity (Wildman–Crippen MR) is 74.7 cm³/mol. The summed E-state index contributed by atoms with van der Waals surface area (Å²) in [4.78, 5) is 13.8. The van der Waals surface area contributed by atoms with E-state index in [1.54, 1.807) is 4.90 Å². The van der Waals surface area contributed by atoms with Gasteiger partial charge in [0.1, 0.15) is 9.31 Å². The van der Waals surface area contributed by atoms with Gasteiger partial charge in [0.15, 0.2) is 0 Å². The summed E-state index contributed by atoms with van der Waals surface area (Å²) >= 11 is 11.9. The van der Waals surface area contributed by atoms with Crippen LogP contribution in [0.2, 0.25) is 0 Å². The fourth-order valence-electron chi connectivity index (χ4n) is 1.22. The van der Waals surface area contributed by atoms with E-state index < -0.39 is 5.97 Å². The molecule has 16 heavy (non-hydrogen) atoms. The molecule has 88 valence electrons. The number of allylic oxidation sites excluding steroid dienone is 1. The van der Waals surface area contributed by atoms with Crippen LogP contribution in [0.15, 0.2) is 11.0 Å². The van der Waals surface area contributed by atoms with Crippen LogP contribution in [0.5, 0.6) is 0 Å². The molecule has 1 saturated heterocycles. The summed E-state index contributed by atoms with van der Waals surface area (Å²) in [6, 6.07) is 0. The molecule has 0 unspecified atom stereocenters. The Labute approximate surface area is 110 Å². The van der Waals surface area contributed by atoms with E-state index in [0.717, 1.165) is 4.91 Å². The zero-order chi connectivity index (χ0) is 12.3. The van der Waals surface area contributed by atoms with Gasteiger partial charge in [-0.15, -0.1) is 0 Å². The maximum atomic E-state index is 10.5. The molecule has 0 aromatic heterocycles. The Balaban J connectivity index is 2.71. The molecule has 0 aliphatic carbocycles. The minimum atomic E-state index is -0.836. The molecular weight excluding hydrogens is 262 g/mol. The van der Waals surface area contributed by atoms with Gasteiger partial charge >= 0.3 is 5.97 Å². The molecule has 0 atom stereocenters. The standard InChI is InChI=1S/C10H13NO2S3/c1-6(2)5-7-9(14)11(10(15)16-7)4-3-8(12)13/h5-6H,3-4H2,1-2H3,(H,12,13)/b7-5-. The molecule has 0 aromatic carbocycles. The highest BCUT2D eigenvalue weighted by molar-refractivity contribution is 8.27. The maximum absolute atomic E-state index is 10.5. The lowest BCUT2D eigenvalue weighted by molar-refractivity contribution is -0.137. The minimum Gasteiger partial charge on any atom is -0.481 e. The van der Waals surface area contributed by atoms with Crippen molar-refractivity contribution in [2.24, 2.45) is 5.92 Å². The molecule has 0 bridgehead atoms. The van der Waals surface area contributed by atoms with Gasteiger partial charge in [0.05, 0.1) is 6.42 Å². The van der Waals surface area contributed by atoms with Gasteiger partial charge in [-0.1, -0.05) is 56.1 Å². The third-order valence-electron chi connectivity index (χ3n) is 1.91. The Hall–Kier alpha value is -0.460. The van der Waals surface area contributed by atoms with Crippen LogP contribution in [0.4, 0.5) is 0 Å². The van der Waals surface area contributed by atoms with E-state index in [0.29, 0.717) is 21.8 Å². The Bertz CT molecular complexity index is 363. The van der Waals surface area contributed by atoms with E-state index in [2.05, 4.69) is 19.9 Å². The fourth-order valence-corrected chi connectivity index (χ4v) is 3.18. The van der Waals surface area contributed by atoms with Crippen molar-refractivity contribution in [2.45, 2.75) is 20.3 Å². The maximum Gasteiger partial charge on any atom is 0.305 e. The summed E-state index contributed by atoms with van der Waals surface area (Å²) in [5.74, 6) is -0.431. The molecule has 3 nitrogen and oxygen atoms in total. The van der Waals surface area contributed by atoms with Crippen LogP contribution in [-0.4, -0.2) is 31.8 Å². The van der Waals surface area contributed by atoms with Crippen LogP contribution in [-0.2, 0) is 4.79 Å². The second-order valence-electron chi connectivity index (χ2n) is 3.74. The van der Waals surface area contributed by atoms with Gasteiger partial charge in [0, 0.05) is 11.4 Å². The van der Waals surface area contributed by atoms with Crippen molar-refractivity contribution >= 4 is 51.5 Å². The van der Waals surface area contributed by atoms with Crippen molar-refractivity contribution in [1.29, 1.82) is 0 Å². The normalized spacial score (nSPS) is 18.9. The zero-order valence-corrected chi connectivity index (χ0v) is 11.5. The van der Waals surface area contributed by atoms with Crippen molar-refractivity contribution in [3.63, 3.8) is 0 Å². The molecule has 0 aromatic rings. The quantitative estimate of drug-likeness (QED) is 0.628. The molecule has 1 aliphatic rings. The highest BCUT2D eigenvalue weighted by Crippen LogP contribution is 2.32. The summed E-state index contributed by atoms with van der Waals surface area (Å²) in [7, 11) is 0. The van der Waals surface area contributed by atoms with Gasteiger partial charge in [-0.2, -0.15) is 0 Å². The number of carbonyl (C=O) groups is 1. The van der Waals surface area contributed by atoms with Crippen molar-refractivity contribution < 1.29 is 9.90 Å².